The van der Waals surface area contributed by atoms with Crippen molar-refractivity contribution < 1.29 is 10.0 Å². The van der Waals surface area contributed by atoms with E-state index in [1.54, 1.807) is 12.1 Å². The molecule has 1 fully saturated rings. The van der Waals surface area contributed by atoms with E-state index < -0.39 is 0 Å². The molecule has 1 saturated carbocycles. The van der Waals surface area contributed by atoms with Crippen molar-refractivity contribution in [3.8, 4) is 0 Å². The first-order valence-electron chi connectivity index (χ1n) is 5.53. The predicted octanol–water partition coefficient (Wildman–Crippen LogP) is 2.57. The Bertz CT molecular complexity index is 413. The highest BCUT2D eigenvalue weighted by molar-refractivity contribution is 5.50. The minimum absolute atomic E-state index is 0.0287. The summed E-state index contributed by atoms with van der Waals surface area (Å²) in [6.45, 7) is 1.92. The summed E-state index contributed by atoms with van der Waals surface area (Å²) >= 11 is 0. The van der Waals surface area contributed by atoms with Crippen LogP contribution in [0.1, 0.15) is 42.7 Å². The highest BCUT2D eigenvalue weighted by Crippen LogP contribution is 2.47. The molecule has 1 unspecified atom stereocenters. The van der Waals surface area contributed by atoms with Gasteiger partial charge in [-0.1, -0.05) is 19.1 Å². The van der Waals surface area contributed by atoms with Crippen LogP contribution in [0.2, 0.25) is 0 Å². The van der Waals surface area contributed by atoms with Gasteiger partial charge in [0, 0.05) is 24.2 Å². The fourth-order valence-corrected chi connectivity index (χ4v) is 2.07. The first-order chi connectivity index (χ1) is 7.65. The van der Waals surface area contributed by atoms with E-state index in [-0.39, 0.29) is 23.1 Å². The van der Waals surface area contributed by atoms with Crippen molar-refractivity contribution in [1.29, 1.82) is 0 Å². The van der Waals surface area contributed by atoms with E-state index in [1.165, 1.54) is 0 Å². The maximum absolute atomic E-state index is 11.0. The second kappa shape index (κ2) is 4.22. The van der Waals surface area contributed by atoms with E-state index in [0.29, 0.717) is 5.92 Å². The van der Waals surface area contributed by atoms with Crippen LogP contribution in [0.25, 0.3) is 0 Å². The zero-order chi connectivity index (χ0) is 11.7. The number of nitro benzene ring substituents is 1. The number of aliphatic hydroxyl groups excluding tert-OH is 1. The van der Waals surface area contributed by atoms with Gasteiger partial charge >= 0.3 is 0 Å². The Morgan fingerprint density at radius 3 is 2.75 bits per heavy atom. The molecule has 0 bridgehead atoms. The standard InChI is InChI=1S/C12H15NO3/c1-8(7-14)10-3-2-4-11(13(15)16)12(10)9-5-6-9/h2-4,8-9,14H,5-7H2,1H3. The van der Waals surface area contributed by atoms with Crippen LogP contribution in [0.15, 0.2) is 18.2 Å². The molecule has 1 atom stereocenters. The minimum atomic E-state index is -0.318. The number of rotatable bonds is 4. The van der Waals surface area contributed by atoms with Crippen LogP contribution in [0.3, 0.4) is 0 Å². The van der Waals surface area contributed by atoms with Crippen LogP contribution in [0.5, 0.6) is 0 Å². The molecule has 0 radical (unpaired) electrons. The van der Waals surface area contributed by atoms with E-state index >= 15 is 0 Å². The largest absolute Gasteiger partial charge is 0.396 e. The second-order valence-corrected chi connectivity index (χ2v) is 4.40. The van der Waals surface area contributed by atoms with E-state index in [0.717, 1.165) is 24.0 Å². The van der Waals surface area contributed by atoms with Crippen LogP contribution >= 0.6 is 0 Å². The van der Waals surface area contributed by atoms with Gasteiger partial charge in [-0.2, -0.15) is 0 Å². The lowest BCUT2D eigenvalue weighted by atomic mass is 9.92. The molecule has 86 valence electrons. The van der Waals surface area contributed by atoms with Crippen LogP contribution in [0.4, 0.5) is 5.69 Å². The molecule has 0 aromatic heterocycles. The summed E-state index contributed by atoms with van der Waals surface area (Å²) in [7, 11) is 0. The van der Waals surface area contributed by atoms with Gasteiger partial charge in [-0.3, -0.25) is 10.1 Å². The lowest BCUT2D eigenvalue weighted by Gasteiger charge is -2.13. The van der Waals surface area contributed by atoms with Crippen molar-refractivity contribution in [3.05, 3.63) is 39.4 Å². The molecular formula is C12H15NO3. The number of hydrogen-bond donors (Lipinski definition) is 1. The molecular weight excluding hydrogens is 206 g/mol. The van der Waals surface area contributed by atoms with Crippen molar-refractivity contribution in [2.75, 3.05) is 6.61 Å². The van der Waals surface area contributed by atoms with Gasteiger partial charge in [0.05, 0.1) is 4.92 Å². The number of aliphatic hydroxyl groups is 1. The molecule has 1 aliphatic carbocycles. The van der Waals surface area contributed by atoms with Crippen molar-refractivity contribution in [3.63, 3.8) is 0 Å². The third-order valence-electron chi connectivity index (χ3n) is 3.10. The summed E-state index contributed by atoms with van der Waals surface area (Å²) < 4.78 is 0. The van der Waals surface area contributed by atoms with Gasteiger partial charge in [0.2, 0.25) is 0 Å². The van der Waals surface area contributed by atoms with Crippen LogP contribution in [-0.4, -0.2) is 16.6 Å². The number of nitro groups is 1. The van der Waals surface area contributed by atoms with E-state index in [4.69, 9.17) is 0 Å². The lowest BCUT2D eigenvalue weighted by molar-refractivity contribution is -0.385. The molecule has 0 saturated heterocycles. The van der Waals surface area contributed by atoms with E-state index in [2.05, 4.69) is 0 Å². The van der Waals surface area contributed by atoms with Gasteiger partial charge in [0.25, 0.3) is 5.69 Å². The maximum Gasteiger partial charge on any atom is 0.273 e. The molecule has 4 heteroatoms. The van der Waals surface area contributed by atoms with Gasteiger partial charge in [0.15, 0.2) is 0 Å². The number of hydrogen-bond acceptors (Lipinski definition) is 3. The second-order valence-electron chi connectivity index (χ2n) is 4.40. The Hall–Kier alpha value is -1.42. The molecule has 0 spiro atoms. The molecule has 0 amide bonds. The fourth-order valence-electron chi connectivity index (χ4n) is 2.07. The molecule has 1 N–H and O–H groups in total. The summed E-state index contributed by atoms with van der Waals surface area (Å²) in [6, 6.07) is 5.15. The Kier molecular flexibility index (Phi) is 2.92. The van der Waals surface area contributed by atoms with Crippen molar-refractivity contribution in [2.24, 2.45) is 0 Å². The average Bonchev–Trinajstić information content (AvgIpc) is 3.10. The SMILES string of the molecule is CC(CO)c1cccc([N+](=O)[O-])c1C1CC1. The molecule has 1 aliphatic rings. The smallest absolute Gasteiger partial charge is 0.273 e. The van der Waals surface area contributed by atoms with Crippen LogP contribution < -0.4 is 0 Å². The van der Waals surface area contributed by atoms with Crippen LogP contribution in [-0.2, 0) is 0 Å². The number of nitrogens with zero attached hydrogens (tertiary/aromatic N) is 1. The maximum atomic E-state index is 11.0. The van der Waals surface area contributed by atoms with Crippen molar-refractivity contribution in [1.82, 2.24) is 0 Å². The molecule has 4 nitrogen and oxygen atoms in total. The summed E-state index contributed by atoms with van der Waals surface area (Å²) in [4.78, 5) is 10.6. The monoisotopic (exact) mass is 221 g/mol. The Morgan fingerprint density at radius 2 is 2.25 bits per heavy atom. The molecule has 0 aliphatic heterocycles. The number of benzene rings is 1. The topological polar surface area (TPSA) is 63.4 Å². The molecule has 16 heavy (non-hydrogen) atoms. The Balaban J connectivity index is 2.51. The zero-order valence-electron chi connectivity index (χ0n) is 9.22. The zero-order valence-corrected chi connectivity index (χ0v) is 9.22. The van der Waals surface area contributed by atoms with Crippen molar-refractivity contribution in [2.45, 2.75) is 31.6 Å². The van der Waals surface area contributed by atoms with Crippen molar-refractivity contribution >= 4 is 5.69 Å². The minimum Gasteiger partial charge on any atom is -0.396 e. The lowest BCUT2D eigenvalue weighted by Crippen LogP contribution is -2.05. The van der Waals surface area contributed by atoms with Gasteiger partial charge in [0.1, 0.15) is 0 Å². The molecule has 1 aromatic carbocycles. The highest BCUT2D eigenvalue weighted by atomic mass is 16.6. The summed E-state index contributed by atoms with van der Waals surface area (Å²) in [5.74, 6) is 0.293. The normalized spacial score (nSPS) is 17.1. The summed E-state index contributed by atoms with van der Waals surface area (Å²) in [6.07, 6.45) is 2.05. The molecule has 1 aromatic rings. The van der Waals surface area contributed by atoms with Crippen LogP contribution in [0, 0.1) is 10.1 Å². The Labute approximate surface area is 94.1 Å². The van der Waals surface area contributed by atoms with E-state index in [9.17, 15) is 15.2 Å². The third-order valence-corrected chi connectivity index (χ3v) is 3.10. The van der Waals surface area contributed by atoms with Gasteiger partial charge in [-0.25, -0.2) is 0 Å². The van der Waals surface area contributed by atoms with Gasteiger partial charge in [-0.05, 0) is 24.3 Å². The Morgan fingerprint density at radius 1 is 1.56 bits per heavy atom. The first kappa shape index (κ1) is 11.1. The average molecular weight is 221 g/mol. The molecule has 0 heterocycles. The first-order valence-corrected chi connectivity index (χ1v) is 5.53. The third kappa shape index (κ3) is 1.93. The highest BCUT2D eigenvalue weighted by Gasteiger charge is 2.33. The summed E-state index contributed by atoms with van der Waals surface area (Å²) in [5, 5.41) is 20.1. The van der Waals surface area contributed by atoms with Gasteiger partial charge in [-0.15, -0.1) is 0 Å². The quantitative estimate of drug-likeness (QED) is 0.627. The van der Waals surface area contributed by atoms with E-state index in [1.807, 2.05) is 13.0 Å². The fraction of sp³-hybridized carbons (Fsp3) is 0.500. The predicted molar refractivity (Wildman–Crippen MR) is 60.6 cm³/mol. The molecule has 2 rings (SSSR count). The van der Waals surface area contributed by atoms with Gasteiger partial charge < -0.3 is 5.11 Å². The summed E-state index contributed by atoms with van der Waals surface area (Å²) in [5.41, 5.74) is 1.98.